The van der Waals surface area contributed by atoms with E-state index in [1.165, 1.54) is 19.3 Å². The maximum Gasteiger partial charge on any atom is 0.159 e. The number of nitrogen functional groups attached to an aromatic ring is 1. The van der Waals surface area contributed by atoms with E-state index in [-0.39, 0.29) is 0 Å². The van der Waals surface area contributed by atoms with Gasteiger partial charge < -0.3 is 5.73 Å². The molecule has 0 amide bonds. The molecule has 1 saturated carbocycles. The van der Waals surface area contributed by atoms with E-state index < -0.39 is 0 Å². The van der Waals surface area contributed by atoms with Crippen molar-refractivity contribution in [1.29, 1.82) is 0 Å². The number of hydrogen-bond acceptors (Lipinski definition) is 4. The second kappa shape index (κ2) is 5.17. The Morgan fingerprint density at radius 1 is 1.21 bits per heavy atom. The summed E-state index contributed by atoms with van der Waals surface area (Å²) in [5.41, 5.74) is 7.40. The first-order valence-corrected chi connectivity index (χ1v) is 6.97. The van der Waals surface area contributed by atoms with Crippen LogP contribution in [-0.4, -0.2) is 20.2 Å². The third kappa shape index (κ3) is 2.42. The Balaban J connectivity index is 2.01. The molecule has 0 atom stereocenters. The first-order valence-electron chi connectivity index (χ1n) is 6.59. The van der Waals surface area contributed by atoms with Crippen molar-refractivity contribution in [1.82, 2.24) is 20.2 Å². The largest absolute Gasteiger partial charge is 0.397 e. The molecular weight excluding hydrogens is 262 g/mol. The maximum atomic E-state index is 6.03. The van der Waals surface area contributed by atoms with E-state index >= 15 is 0 Å². The summed E-state index contributed by atoms with van der Waals surface area (Å²) in [6.45, 7) is 0. The molecule has 2 N–H and O–H groups in total. The highest BCUT2D eigenvalue weighted by atomic mass is 35.5. The molecule has 6 heteroatoms. The lowest BCUT2D eigenvalue weighted by molar-refractivity contribution is 0.422. The van der Waals surface area contributed by atoms with Crippen LogP contribution in [0.5, 0.6) is 0 Å². The Labute approximate surface area is 116 Å². The van der Waals surface area contributed by atoms with Gasteiger partial charge in [-0.05, 0) is 41.5 Å². The van der Waals surface area contributed by atoms with Crippen LogP contribution in [0.3, 0.4) is 0 Å². The highest BCUT2D eigenvalue weighted by molar-refractivity contribution is 6.30. The van der Waals surface area contributed by atoms with Gasteiger partial charge >= 0.3 is 0 Å². The van der Waals surface area contributed by atoms with Crippen LogP contribution < -0.4 is 5.73 Å². The van der Waals surface area contributed by atoms with E-state index in [2.05, 4.69) is 15.5 Å². The molecule has 19 heavy (non-hydrogen) atoms. The molecule has 1 aromatic carbocycles. The van der Waals surface area contributed by atoms with E-state index in [9.17, 15) is 0 Å². The van der Waals surface area contributed by atoms with E-state index in [0.29, 0.717) is 16.6 Å². The van der Waals surface area contributed by atoms with Crippen LogP contribution in [0.2, 0.25) is 5.02 Å². The summed E-state index contributed by atoms with van der Waals surface area (Å²) < 4.78 is 1.73. The molecule has 0 spiro atoms. The maximum absolute atomic E-state index is 6.03. The lowest BCUT2D eigenvalue weighted by atomic mass is 9.88. The van der Waals surface area contributed by atoms with Gasteiger partial charge in [-0.15, -0.1) is 5.10 Å². The molecule has 3 rings (SSSR count). The lowest BCUT2D eigenvalue weighted by Gasteiger charge is -2.20. The van der Waals surface area contributed by atoms with Crippen molar-refractivity contribution in [3.05, 3.63) is 29.0 Å². The molecule has 1 aliphatic carbocycles. The quantitative estimate of drug-likeness (QED) is 0.857. The number of anilines is 1. The van der Waals surface area contributed by atoms with Crippen molar-refractivity contribution in [2.45, 2.75) is 38.0 Å². The van der Waals surface area contributed by atoms with Crippen LogP contribution in [0.25, 0.3) is 5.69 Å². The van der Waals surface area contributed by atoms with Crippen molar-refractivity contribution in [2.24, 2.45) is 0 Å². The number of halogens is 1. The monoisotopic (exact) mass is 277 g/mol. The average molecular weight is 278 g/mol. The molecule has 1 aromatic heterocycles. The predicted octanol–water partition coefficient (Wildman–Crippen LogP) is 2.95. The molecule has 0 aliphatic heterocycles. The SMILES string of the molecule is Nc1ccc(Cl)cc1-n1nnnc1C1CCCCC1. The fourth-order valence-electron chi connectivity index (χ4n) is 2.68. The number of benzene rings is 1. The number of tetrazole rings is 1. The minimum atomic E-state index is 0.419. The summed E-state index contributed by atoms with van der Waals surface area (Å²) in [6, 6.07) is 5.36. The summed E-state index contributed by atoms with van der Waals surface area (Å²) >= 11 is 6.03. The van der Waals surface area contributed by atoms with Gasteiger partial charge in [0.05, 0.1) is 11.4 Å². The Bertz CT molecular complexity index is 574. The summed E-state index contributed by atoms with van der Waals surface area (Å²) in [7, 11) is 0. The average Bonchev–Trinajstić information content (AvgIpc) is 2.91. The zero-order valence-corrected chi connectivity index (χ0v) is 11.3. The highest BCUT2D eigenvalue weighted by Gasteiger charge is 2.23. The van der Waals surface area contributed by atoms with Crippen LogP contribution in [0.4, 0.5) is 5.69 Å². The number of nitrogens with two attached hydrogens (primary N) is 1. The van der Waals surface area contributed by atoms with E-state index in [0.717, 1.165) is 24.4 Å². The molecule has 100 valence electrons. The molecular formula is C13H16ClN5. The van der Waals surface area contributed by atoms with Gasteiger partial charge in [0.15, 0.2) is 5.82 Å². The van der Waals surface area contributed by atoms with Gasteiger partial charge in [-0.2, -0.15) is 4.68 Å². The fourth-order valence-corrected chi connectivity index (χ4v) is 2.85. The summed E-state index contributed by atoms with van der Waals surface area (Å²) in [6.07, 6.45) is 6.06. The van der Waals surface area contributed by atoms with E-state index in [1.54, 1.807) is 22.9 Å². The van der Waals surface area contributed by atoms with Gasteiger partial charge in [0.1, 0.15) is 0 Å². The first-order chi connectivity index (χ1) is 9.25. The summed E-state index contributed by atoms with van der Waals surface area (Å²) in [5, 5.41) is 12.7. The van der Waals surface area contributed by atoms with Gasteiger partial charge in [-0.1, -0.05) is 30.9 Å². The van der Waals surface area contributed by atoms with Crippen LogP contribution >= 0.6 is 11.6 Å². The Morgan fingerprint density at radius 2 is 2.00 bits per heavy atom. The predicted molar refractivity (Wildman–Crippen MR) is 74.4 cm³/mol. The van der Waals surface area contributed by atoms with Crippen molar-refractivity contribution in [3.63, 3.8) is 0 Å². The zero-order valence-electron chi connectivity index (χ0n) is 10.6. The van der Waals surface area contributed by atoms with Crippen molar-refractivity contribution >= 4 is 17.3 Å². The lowest BCUT2D eigenvalue weighted by Crippen LogP contribution is -2.13. The third-order valence-corrected chi connectivity index (χ3v) is 3.92. The molecule has 0 bridgehead atoms. The normalized spacial score (nSPS) is 16.7. The smallest absolute Gasteiger partial charge is 0.159 e. The second-order valence-electron chi connectivity index (χ2n) is 4.99. The Hall–Kier alpha value is -1.62. The molecule has 1 aliphatic rings. The fraction of sp³-hybridized carbons (Fsp3) is 0.462. The van der Waals surface area contributed by atoms with Gasteiger partial charge in [-0.3, -0.25) is 0 Å². The van der Waals surface area contributed by atoms with Crippen LogP contribution in [-0.2, 0) is 0 Å². The molecule has 2 aromatic rings. The summed E-state index contributed by atoms with van der Waals surface area (Å²) in [4.78, 5) is 0. The molecule has 5 nitrogen and oxygen atoms in total. The van der Waals surface area contributed by atoms with Crippen LogP contribution in [0, 0.1) is 0 Å². The molecule has 0 saturated heterocycles. The second-order valence-corrected chi connectivity index (χ2v) is 5.42. The van der Waals surface area contributed by atoms with Gasteiger partial charge in [0.2, 0.25) is 0 Å². The number of nitrogens with zero attached hydrogens (tertiary/aromatic N) is 4. The van der Waals surface area contributed by atoms with Crippen molar-refractivity contribution in [3.8, 4) is 5.69 Å². The summed E-state index contributed by atoms with van der Waals surface area (Å²) in [5.74, 6) is 1.32. The topological polar surface area (TPSA) is 69.6 Å². The Kier molecular flexibility index (Phi) is 3.38. The highest BCUT2D eigenvalue weighted by Crippen LogP contribution is 2.33. The minimum Gasteiger partial charge on any atom is -0.397 e. The van der Waals surface area contributed by atoms with Crippen LogP contribution in [0.15, 0.2) is 18.2 Å². The number of hydrogen-bond donors (Lipinski definition) is 1. The number of aromatic nitrogens is 4. The van der Waals surface area contributed by atoms with Crippen molar-refractivity contribution < 1.29 is 0 Å². The van der Waals surface area contributed by atoms with E-state index in [1.807, 2.05) is 0 Å². The molecule has 1 heterocycles. The molecule has 1 fully saturated rings. The van der Waals surface area contributed by atoms with Gasteiger partial charge in [-0.25, -0.2) is 0 Å². The Morgan fingerprint density at radius 3 is 2.79 bits per heavy atom. The van der Waals surface area contributed by atoms with Gasteiger partial charge in [0, 0.05) is 10.9 Å². The van der Waals surface area contributed by atoms with Crippen LogP contribution in [0.1, 0.15) is 43.8 Å². The standard InChI is InChI=1S/C13H16ClN5/c14-10-6-7-11(15)12(8-10)19-13(16-17-18-19)9-4-2-1-3-5-9/h6-9H,1-5,15H2. The molecule has 0 unspecified atom stereocenters. The molecule has 0 radical (unpaired) electrons. The first kappa shape index (κ1) is 12.4. The zero-order chi connectivity index (χ0) is 13.2. The third-order valence-electron chi connectivity index (χ3n) is 3.68. The van der Waals surface area contributed by atoms with Gasteiger partial charge in [0.25, 0.3) is 0 Å². The van der Waals surface area contributed by atoms with E-state index in [4.69, 9.17) is 17.3 Å². The minimum absolute atomic E-state index is 0.419. The number of rotatable bonds is 2. The van der Waals surface area contributed by atoms with Crippen molar-refractivity contribution in [2.75, 3.05) is 5.73 Å².